The Morgan fingerprint density at radius 1 is 1.09 bits per heavy atom. The Balaban J connectivity index is 3.43. The lowest BCUT2D eigenvalue weighted by atomic mass is 10.3. The third-order valence-corrected chi connectivity index (χ3v) is 1.39. The Kier molecular flexibility index (Phi) is 7.52. The lowest BCUT2D eigenvalue weighted by Crippen LogP contribution is -2.04. The molecule has 11 heavy (non-hydrogen) atoms. The first kappa shape index (κ1) is 10.7. The van der Waals surface area contributed by atoms with E-state index < -0.39 is 0 Å². The van der Waals surface area contributed by atoms with Crippen LogP contribution in [0.1, 0.15) is 20.8 Å². The molecule has 0 unspecified atom stereocenters. The van der Waals surface area contributed by atoms with E-state index in [1.165, 1.54) is 5.57 Å². The highest BCUT2D eigenvalue weighted by Gasteiger charge is 1.94. The number of allylic oxidation sites excluding steroid dienone is 1. The second-order valence-electron chi connectivity index (χ2n) is 2.22. The van der Waals surface area contributed by atoms with Crippen LogP contribution in [0.3, 0.4) is 0 Å². The fourth-order valence-corrected chi connectivity index (χ4v) is 0.675. The summed E-state index contributed by atoms with van der Waals surface area (Å²) >= 11 is 0. The Labute approximate surface area is 69.2 Å². The molecular weight excluding hydrogens is 140 g/mol. The summed E-state index contributed by atoms with van der Waals surface area (Å²) < 4.78 is 10.5. The van der Waals surface area contributed by atoms with Crippen molar-refractivity contribution in [2.75, 3.05) is 26.4 Å². The normalized spacial score (nSPS) is 9.73. The molecule has 0 saturated heterocycles. The van der Waals surface area contributed by atoms with Gasteiger partial charge in [0.15, 0.2) is 0 Å². The van der Waals surface area contributed by atoms with Gasteiger partial charge in [-0.2, -0.15) is 0 Å². The van der Waals surface area contributed by atoms with Gasteiger partial charge in [0.25, 0.3) is 0 Å². The molecule has 0 aliphatic rings. The van der Waals surface area contributed by atoms with Crippen molar-refractivity contribution in [1.82, 2.24) is 0 Å². The molecule has 0 spiro atoms. The van der Waals surface area contributed by atoms with Crippen LogP contribution < -0.4 is 0 Å². The molecule has 0 heterocycles. The molecule has 0 aromatic carbocycles. The van der Waals surface area contributed by atoms with E-state index in [0.717, 1.165) is 13.2 Å². The fraction of sp³-hybridized carbons (Fsp3) is 0.778. The first-order chi connectivity index (χ1) is 5.35. The first-order valence-corrected chi connectivity index (χ1v) is 4.14. The van der Waals surface area contributed by atoms with Gasteiger partial charge in [-0.05, 0) is 26.3 Å². The minimum Gasteiger partial charge on any atom is -0.377 e. The van der Waals surface area contributed by atoms with Gasteiger partial charge in [0, 0.05) is 13.2 Å². The van der Waals surface area contributed by atoms with Crippen LogP contribution in [0.15, 0.2) is 11.6 Å². The third-order valence-electron chi connectivity index (χ3n) is 1.39. The van der Waals surface area contributed by atoms with Gasteiger partial charge in [-0.15, -0.1) is 0 Å². The van der Waals surface area contributed by atoms with E-state index >= 15 is 0 Å². The molecular formula is C9H18O2. The average Bonchev–Trinajstić information content (AvgIpc) is 2.05. The summed E-state index contributed by atoms with van der Waals surface area (Å²) in [5.74, 6) is 0. The summed E-state index contributed by atoms with van der Waals surface area (Å²) in [6.07, 6.45) is 2.05. The van der Waals surface area contributed by atoms with Crippen molar-refractivity contribution in [2.24, 2.45) is 0 Å². The molecule has 2 nitrogen and oxygen atoms in total. The molecule has 0 aromatic heterocycles. The van der Waals surface area contributed by atoms with Crippen LogP contribution in [0.4, 0.5) is 0 Å². The van der Waals surface area contributed by atoms with Crippen LogP contribution in [0, 0.1) is 0 Å². The van der Waals surface area contributed by atoms with Gasteiger partial charge in [0.05, 0.1) is 13.2 Å². The Morgan fingerprint density at radius 2 is 1.55 bits per heavy atom. The van der Waals surface area contributed by atoms with Gasteiger partial charge < -0.3 is 9.47 Å². The maximum absolute atomic E-state index is 5.24. The predicted molar refractivity (Wildman–Crippen MR) is 46.7 cm³/mol. The minimum atomic E-state index is 0.701. The average molecular weight is 158 g/mol. The zero-order chi connectivity index (χ0) is 8.53. The van der Waals surface area contributed by atoms with Gasteiger partial charge in [-0.1, -0.05) is 6.08 Å². The highest BCUT2D eigenvalue weighted by Crippen LogP contribution is 1.96. The van der Waals surface area contributed by atoms with Crippen LogP contribution in [-0.2, 0) is 9.47 Å². The van der Waals surface area contributed by atoms with Crippen LogP contribution in [0.2, 0.25) is 0 Å². The van der Waals surface area contributed by atoms with E-state index in [9.17, 15) is 0 Å². The van der Waals surface area contributed by atoms with Crippen LogP contribution in [-0.4, -0.2) is 26.4 Å². The van der Waals surface area contributed by atoms with E-state index in [0.29, 0.717) is 13.2 Å². The molecule has 0 atom stereocenters. The molecule has 0 bridgehead atoms. The summed E-state index contributed by atoms with van der Waals surface area (Å²) in [5, 5.41) is 0. The molecule has 0 aliphatic heterocycles. The maximum Gasteiger partial charge on any atom is 0.0698 e. The molecule has 0 fully saturated rings. The molecule has 0 aliphatic carbocycles. The summed E-state index contributed by atoms with van der Waals surface area (Å²) in [4.78, 5) is 0. The van der Waals surface area contributed by atoms with Crippen molar-refractivity contribution in [2.45, 2.75) is 20.8 Å². The molecule has 0 rings (SSSR count). The quantitative estimate of drug-likeness (QED) is 0.550. The Bertz CT molecular complexity index is 98.1. The summed E-state index contributed by atoms with van der Waals surface area (Å²) in [5.41, 5.74) is 1.22. The number of hydrogen-bond donors (Lipinski definition) is 0. The van der Waals surface area contributed by atoms with Crippen LogP contribution in [0.25, 0.3) is 0 Å². The number of rotatable bonds is 6. The highest BCUT2D eigenvalue weighted by molar-refractivity contribution is 5.00. The maximum atomic E-state index is 5.24. The smallest absolute Gasteiger partial charge is 0.0698 e. The highest BCUT2D eigenvalue weighted by atomic mass is 16.5. The Hall–Kier alpha value is -0.340. The van der Waals surface area contributed by atoms with Crippen LogP contribution >= 0.6 is 0 Å². The molecule has 0 amide bonds. The molecule has 0 N–H and O–H groups in total. The van der Waals surface area contributed by atoms with E-state index in [2.05, 4.69) is 0 Å². The van der Waals surface area contributed by atoms with Crippen molar-refractivity contribution in [1.29, 1.82) is 0 Å². The molecule has 2 heteroatoms. The minimum absolute atomic E-state index is 0.701. The van der Waals surface area contributed by atoms with Crippen molar-refractivity contribution in [3.05, 3.63) is 11.6 Å². The molecule has 66 valence electrons. The molecule has 0 saturated carbocycles. The molecule has 0 radical (unpaired) electrons. The van der Waals surface area contributed by atoms with Crippen LogP contribution in [0.5, 0.6) is 0 Å². The largest absolute Gasteiger partial charge is 0.377 e. The van der Waals surface area contributed by atoms with Crippen molar-refractivity contribution < 1.29 is 9.47 Å². The zero-order valence-corrected chi connectivity index (χ0v) is 7.72. The standard InChI is InChI=1S/C9H18O2/c1-4-9(7-10-5-2)8-11-6-3/h4H,5-8H2,1-3H3. The van der Waals surface area contributed by atoms with Gasteiger partial charge in [-0.3, -0.25) is 0 Å². The van der Waals surface area contributed by atoms with E-state index in [1.54, 1.807) is 0 Å². The SMILES string of the molecule is CC=C(COCC)COCC. The third kappa shape index (κ3) is 6.07. The lowest BCUT2D eigenvalue weighted by molar-refractivity contribution is 0.131. The van der Waals surface area contributed by atoms with Gasteiger partial charge in [0.1, 0.15) is 0 Å². The van der Waals surface area contributed by atoms with E-state index in [-0.39, 0.29) is 0 Å². The predicted octanol–water partition coefficient (Wildman–Crippen LogP) is 2.01. The van der Waals surface area contributed by atoms with Crippen molar-refractivity contribution in [3.63, 3.8) is 0 Å². The van der Waals surface area contributed by atoms with Crippen molar-refractivity contribution in [3.8, 4) is 0 Å². The zero-order valence-electron chi connectivity index (χ0n) is 7.72. The van der Waals surface area contributed by atoms with Crippen molar-refractivity contribution >= 4 is 0 Å². The summed E-state index contributed by atoms with van der Waals surface area (Å²) in [6.45, 7) is 8.93. The van der Waals surface area contributed by atoms with Gasteiger partial charge in [0.2, 0.25) is 0 Å². The molecule has 0 aromatic rings. The van der Waals surface area contributed by atoms with E-state index in [1.807, 2.05) is 26.8 Å². The number of hydrogen-bond acceptors (Lipinski definition) is 2. The topological polar surface area (TPSA) is 18.5 Å². The lowest BCUT2D eigenvalue weighted by Gasteiger charge is -2.06. The van der Waals surface area contributed by atoms with Gasteiger partial charge in [-0.25, -0.2) is 0 Å². The fourth-order valence-electron chi connectivity index (χ4n) is 0.675. The summed E-state index contributed by atoms with van der Waals surface area (Å²) in [6, 6.07) is 0. The van der Waals surface area contributed by atoms with E-state index in [4.69, 9.17) is 9.47 Å². The Morgan fingerprint density at radius 3 is 1.82 bits per heavy atom. The second kappa shape index (κ2) is 7.76. The monoisotopic (exact) mass is 158 g/mol. The summed E-state index contributed by atoms with van der Waals surface area (Å²) in [7, 11) is 0. The number of ether oxygens (including phenoxy) is 2. The first-order valence-electron chi connectivity index (χ1n) is 4.14. The van der Waals surface area contributed by atoms with Gasteiger partial charge >= 0.3 is 0 Å². The second-order valence-corrected chi connectivity index (χ2v) is 2.22.